The van der Waals surface area contributed by atoms with Crippen molar-refractivity contribution in [3.05, 3.63) is 70.8 Å². The fourth-order valence-corrected chi connectivity index (χ4v) is 4.58. The SMILES string of the molecule is CS(=O)(=O)Cl.C[C@@H](OC[C@@]1(c2ccccc2)C[C@H](NS(C)(=O)=O)C(=O)N1)c1cc(C(F)(F)F)cc(C(F)(F)F)c1. The first-order valence-corrected chi connectivity index (χ1v) is 15.8. The Morgan fingerprint density at radius 3 is 1.90 bits per heavy atom. The van der Waals surface area contributed by atoms with E-state index in [2.05, 4.69) is 20.7 Å². The van der Waals surface area contributed by atoms with Crippen LogP contribution in [0.5, 0.6) is 0 Å². The number of hydrogen-bond acceptors (Lipinski definition) is 6. The Bertz CT molecular complexity index is 1380. The van der Waals surface area contributed by atoms with Gasteiger partial charge in [-0.15, -0.1) is 0 Å². The average Bonchev–Trinajstić information content (AvgIpc) is 3.10. The third-order valence-electron chi connectivity index (χ3n) is 5.57. The Hall–Kier alpha value is -2.40. The summed E-state index contributed by atoms with van der Waals surface area (Å²) in [5, 5.41) is 2.68. The maximum absolute atomic E-state index is 13.2. The largest absolute Gasteiger partial charge is 0.416 e. The van der Waals surface area contributed by atoms with Crippen molar-refractivity contribution in [2.24, 2.45) is 0 Å². The number of hydrogen-bond donors (Lipinski definition) is 2. The fourth-order valence-electron chi connectivity index (χ4n) is 3.87. The van der Waals surface area contributed by atoms with E-state index in [-0.39, 0.29) is 24.7 Å². The van der Waals surface area contributed by atoms with E-state index < -0.39 is 66.1 Å². The second kappa shape index (κ2) is 12.2. The van der Waals surface area contributed by atoms with Crippen LogP contribution in [0.25, 0.3) is 0 Å². The standard InChI is InChI=1S/C22H22F6N2O4S.CH3ClO2S/c1-13(14-8-16(21(23,24)25)10-17(9-14)22(26,27)28)34-12-20(15-6-4-3-5-7-15)11-18(19(31)29-20)30-35(2,32)33;1-5(2,3)4/h3-10,13,18,30H,11-12H2,1-2H3,(H,29,31);1H3/t13-,18+,20-;/m1./s1. The van der Waals surface area contributed by atoms with Crippen LogP contribution in [0.1, 0.15) is 41.7 Å². The molecule has 0 aliphatic carbocycles. The van der Waals surface area contributed by atoms with Gasteiger partial charge in [-0.05, 0) is 36.2 Å². The van der Waals surface area contributed by atoms with Gasteiger partial charge in [-0.2, -0.15) is 26.3 Å². The van der Waals surface area contributed by atoms with Crippen molar-refractivity contribution in [3.8, 4) is 0 Å². The summed E-state index contributed by atoms with van der Waals surface area (Å²) in [4.78, 5) is 12.5. The van der Waals surface area contributed by atoms with E-state index in [0.717, 1.165) is 12.5 Å². The fraction of sp³-hybridized carbons (Fsp3) is 0.435. The zero-order valence-electron chi connectivity index (χ0n) is 21.1. The Labute approximate surface area is 231 Å². The van der Waals surface area contributed by atoms with Crippen molar-refractivity contribution >= 4 is 35.7 Å². The highest BCUT2D eigenvalue weighted by molar-refractivity contribution is 8.13. The van der Waals surface area contributed by atoms with Gasteiger partial charge in [0.05, 0.1) is 41.9 Å². The van der Waals surface area contributed by atoms with Crippen LogP contribution in [0.3, 0.4) is 0 Å². The molecule has 0 unspecified atom stereocenters. The molecule has 224 valence electrons. The maximum atomic E-state index is 13.2. The molecule has 1 saturated heterocycles. The molecule has 1 fully saturated rings. The van der Waals surface area contributed by atoms with Gasteiger partial charge in [-0.3, -0.25) is 4.79 Å². The molecule has 3 rings (SSSR count). The normalized spacial score (nSPS) is 20.9. The van der Waals surface area contributed by atoms with Crippen molar-refractivity contribution < 1.29 is 52.7 Å². The van der Waals surface area contributed by atoms with E-state index in [1.165, 1.54) is 6.92 Å². The summed E-state index contributed by atoms with van der Waals surface area (Å²) in [6.07, 6.45) is -9.53. The number of nitrogens with one attached hydrogen (secondary N) is 2. The van der Waals surface area contributed by atoms with E-state index in [4.69, 9.17) is 4.74 Å². The monoisotopic (exact) mass is 638 g/mol. The van der Waals surface area contributed by atoms with Gasteiger partial charge in [0.25, 0.3) is 0 Å². The Morgan fingerprint density at radius 2 is 1.48 bits per heavy atom. The molecule has 1 heterocycles. The number of sulfonamides is 1. The van der Waals surface area contributed by atoms with Crippen molar-refractivity contribution in [2.75, 3.05) is 19.1 Å². The zero-order chi connectivity index (χ0) is 30.7. The minimum atomic E-state index is -5.01. The Morgan fingerprint density at radius 1 is 1.00 bits per heavy atom. The number of rotatable bonds is 7. The Balaban J connectivity index is 0.00000103. The number of carbonyl (C=O) groups is 1. The number of amides is 1. The third kappa shape index (κ3) is 10.2. The van der Waals surface area contributed by atoms with E-state index >= 15 is 0 Å². The lowest BCUT2D eigenvalue weighted by molar-refractivity contribution is -0.143. The predicted molar refractivity (Wildman–Crippen MR) is 134 cm³/mol. The summed E-state index contributed by atoms with van der Waals surface area (Å²) in [5.74, 6) is -0.644. The van der Waals surface area contributed by atoms with E-state index in [1.54, 1.807) is 30.3 Å². The average molecular weight is 639 g/mol. The van der Waals surface area contributed by atoms with Crippen molar-refractivity contribution in [3.63, 3.8) is 0 Å². The van der Waals surface area contributed by atoms with Crippen LogP contribution in [-0.4, -0.2) is 47.9 Å². The second-order valence-electron chi connectivity index (χ2n) is 9.06. The lowest BCUT2D eigenvalue weighted by Gasteiger charge is -2.31. The predicted octanol–water partition coefficient (Wildman–Crippen LogP) is 4.32. The second-order valence-corrected chi connectivity index (χ2v) is 13.9. The topological polar surface area (TPSA) is 119 Å². The molecule has 0 spiro atoms. The molecule has 2 N–H and O–H groups in total. The van der Waals surface area contributed by atoms with Gasteiger partial charge in [-0.1, -0.05) is 30.3 Å². The van der Waals surface area contributed by atoms with E-state index in [0.29, 0.717) is 17.7 Å². The van der Waals surface area contributed by atoms with Gasteiger partial charge in [-0.25, -0.2) is 21.6 Å². The number of halogens is 7. The van der Waals surface area contributed by atoms with Crippen LogP contribution in [0.15, 0.2) is 48.5 Å². The lowest BCUT2D eigenvalue weighted by atomic mass is 9.88. The molecule has 1 aliphatic rings. The Kier molecular flexibility index (Phi) is 10.3. The first-order chi connectivity index (χ1) is 18.0. The molecule has 1 aliphatic heterocycles. The summed E-state index contributed by atoms with van der Waals surface area (Å²) in [6, 6.07) is 8.35. The number of alkyl halides is 6. The number of ether oxygens (including phenoxy) is 1. The molecular formula is C23H25ClF6N2O6S2. The number of benzene rings is 2. The van der Waals surface area contributed by atoms with Crippen molar-refractivity contribution in [1.29, 1.82) is 0 Å². The highest BCUT2D eigenvalue weighted by Crippen LogP contribution is 2.39. The summed E-state index contributed by atoms with van der Waals surface area (Å²) >= 11 is 0. The maximum Gasteiger partial charge on any atom is 0.416 e. The molecule has 2 aromatic carbocycles. The van der Waals surface area contributed by atoms with E-state index in [1.807, 2.05) is 0 Å². The molecular weight excluding hydrogens is 614 g/mol. The van der Waals surface area contributed by atoms with Gasteiger partial charge < -0.3 is 10.1 Å². The number of carbonyl (C=O) groups excluding carboxylic acids is 1. The van der Waals surface area contributed by atoms with Gasteiger partial charge in [0.15, 0.2) is 0 Å². The third-order valence-corrected chi connectivity index (χ3v) is 6.29. The van der Waals surface area contributed by atoms with Crippen LogP contribution >= 0.6 is 10.7 Å². The highest BCUT2D eigenvalue weighted by Gasteiger charge is 2.47. The van der Waals surface area contributed by atoms with Gasteiger partial charge in [0, 0.05) is 17.1 Å². The molecule has 40 heavy (non-hydrogen) atoms. The molecule has 17 heteroatoms. The van der Waals surface area contributed by atoms with Gasteiger partial charge in [0.2, 0.25) is 25.0 Å². The molecule has 0 saturated carbocycles. The highest BCUT2D eigenvalue weighted by atomic mass is 35.7. The molecule has 0 radical (unpaired) electrons. The van der Waals surface area contributed by atoms with Crippen LogP contribution in [-0.2, 0) is 46.5 Å². The van der Waals surface area contributed by atoms with Crippen LogP contribution in [0.2, 0.25) is 0 Å². The molecule has 1 amide bonds. The first-order valence-electron chi connectivity index (χ1n) is 11.2. The zero-order valence-corrected chi connectivity index (χ0v) is 23.5. The summed E-state index contributed by atoms with van der Waals surface area (Å²) < 4.78 is 129. The van der Waals surface area contributed by atoms with Gasteiger partial charge in [0.1, 0.15) is 6.04 Å². The van der Waals surface area contributed by atoms with Crippen molar-refractivity contribution in [2.45, 2.75) is 43.4 Å². The van der Waals surface area contributed by atoms with Crippen LogP contribution in [0, 0.1) is 0 Å². The molecule has 2 aromatic rings. The molecule has 8 nitrogen and oxygen atoms in total. The van der Waals surface area contributed by atoms with Crippen LogP contribution in [0.4, 0.5) is 26.3 Å². The first kappa shape index (κ1) is 33.8. The van der Waals surface area contributed by atoms with Gasteiger partial charge >= 0.3 is 12.4 Å². The summed E-state index contributed by atoms with van der Waals surface area (Å²) in [6.45, 7) is 0.945. The quantitative estimate of drug-likeness (QED) is 0.345. The minimum absolute atomic E-state index is 0.0281. The summed E-state index contributed by atoms with van der Waals surface area (Å²) in [7, 11) is -2.44. The summed E-state index contributed by atoms with van der Waals surface area (Å²) in [5.41, 5.74) is -4.04. The molecule has 0 bridgehead atoms. The minimum Gasteiger partial charge on any atom is -0.371 e. The van der Waals surface area contributed by atoms with E-state index in [9.17, 15) is 48.0 Å². The lowest BCUT2D eigenvalue weighted by Crippen LogP contribution is -2.43. The smallest absolute Gasteiger partial charge is 0.371 e. The molecule has 3 atom stereocenters. The van der Waals surface area contributed by atoms with Crippen molar-refractivity contribution in [1.82, 2.24) is 10.0 Å². The van der Waals surface area contributed by atoms with Crippen LogP contribution < -0.4 is 10.0 Å². The molecule has 0 aromatic heterocycles.